The molecule has 0 aliphatic carbocycles. The second kappa shape index (κ2) is 6.88. The lowest BCUT2D eigenvalue weighted by atomic mass is 9.87. The van der Waals surface area contributed by atoms with Crippen molar-refractivity contribution in [1.29, 1.82) is 0 Å². The Morgan fingerprint density at radius 1 is 1.04 bits per heavy atom. The SMILES string of the molecule is COc1ccc(C(Cc2ncc[nH]2)c2ccc3[nH]c(=O)ccc3c2)cc1. The molecule has 0 amide bonds. The molecule has 26 heavy (non-hydrogen) atoms. The molecule has 1 atom stereocenters. The number of aromatic nitrogens is 3. The largest absolute Gasteiger partial charge is 0.497 e. The molecule has 5 heteroatoms. The second-order valence-corrected chi connectivity index (χ2v) is 6.24. The van der Waals surface area contributed by atoms with Crippen LogP contribution in [0.25, 0.3) is 10.9 Å². The highest BCUT2D eigenvalue weighted by Gasteiger charge is 2.17. The first kappa shape index (κ1) is 16.1. The second-order valence-electron chi connectivity index (χ2n) is 6.24. The molecular weight excluding hydrogens is 326 g/mol. The van der Waals surface area contributed by atoms with E-state index >= 15 is 0 Å². The van der Waals surface area contributed by atoms with E-state index in [2.05, 4.69) is 39.2 Å². The van der Waals surface area contributed by atoms with Crippen LogP contribution in [0.2, 0.25) is 0 Å². The molecule has 0 saturated carbocycles. The molecule has 1 unspecified atom stereocenters. The summed E-state index contributed by atoms with van der Waals surface area (Å²) in [5.74, 6) is 1.91. The van der Waals surface area contributed by atoms with Gasteiger partial charge in [-0.3, -0.25) is 4.79 Å². The third-order valence-electron chi connectivity index (χ3n) is 4.62. The van der Waals surface area contributed by atoms with Crippen LogP contribution in [0.15, 0.2) is 71.8 Å². The van der Waals surface area contributed by atoms with Crippen LogP contribution in [0.3, 0.4) is 0 Å². The van der Waals surface area contributed by atoms with Crippen molar-refractivity contribution in [3.8, 4) is 5.75 Å². The minimum atomic E-state index is -0.0902. The zero-order chi connectivity index (χ0) is 17.9. The number of fused-ring (bicyclic) bond motifs is 1. The van der Waals surface area contributed by atoms with Gasteiger partial charge in [0.2, 0.25) is 5.56 Å². The number of nitrogens with zero attached hydrogens (tertiary/aromatic N) is 1. The Labute approximate surface area is 150 Å². The first-order valence-corrected chi connectivity index (χ1v) is 8.48. The van der Waals surface area contributed by atoms with Gasteiger partial charge in [0, 0.05) is 36.3 Å². The lowest BCUT2D eigenvalue weighted by molar-refractivity contribution is 0.414. The van der Waals surface area contributed by atoms with Crippen molar-refractivity contribution < 1.29 is 4.74 Å². The minimum absolute atomic E-state index is 0.0902. The molecular formula is C21H19N3O2. The molecule has 0 bridgehead atoms. The molecule has 0 aliphatic heterocycles. The van der Waals surface area contributed by atoms with Crippen molar-refractivity contribution >= 4 is 10.9 Å². The average Bonchev–Trinajstić information content (AvgIpc) is 3.19. The van der Waals surface area contributed by atoms with Crippen LogP contribution < -0.4 is 10.3 Å². The van der Waals surface area contributed by atoms with Gasteiger partial charge in [0.05, 0.1) is 7.11 Å². The summed E-state index contributed by atoms with van der Waals surface area (Å²) < 4.78 is 5.28. The number of imidazole rings is 1. The number of nitrogens with one attached hydrogen (secondary N) is 2. The Morgan fingerprint density at radius 2 is 1.85 bits per heavy atom. The van der Waals surface area contributed by atoms with E-state index in [4.69, 9.17) is 4.74 Å². The van der Waals surface area contributed by atoms with E-state index in [-0.39, 0.29) is 11.5 Å². The fourth-order valence-electron chi connectivity index (χ4n) is 3.26. The zero-order valence-electron chi connectivity index (χ0n) is 14.4. The van der Waals surface area contributed by atoms with Gasteiger partial charge in [-0.1, -0.05) is 18.2 Å². The van der Waals surface area contributed by atoms with E-state index < -0.39 is 0 Å². The highest BCUT2D eigenvalue weighted by atomic mass is 16.5. The van der Waals surface area contributed by atoms with Gasteiger partial charge in [-0.2, -0.15) is 0 Å². The van der Waals surface area contributed by atoms with Gasteiger partial charge in [-0.05, 0) is 46.8 Å². The summed E-state index contributed by atoms with van der Waals surface area (Å²) in [6.07, 6.45) is 4.37. The number of pyridine rings is 1. The average molecular weight is 345 g/mol. The lowest BCUT2D eigenvalue weighted by Gasteiger charge is -2.18. The number of H-pyrrole nitrogens is 2. The maximum Gasteiger partial charge on any atom is 0.248 e. The van der Waals surface area contributed by atoms with Crippen LogP contribution in [0.1, 0.15) is 22.9 Å². The highest BCUT2D eigenvalue weighted by molar-refractivity contribution is 5.79. The summed E-state index contributed by atoms with van der Waals surface area (Å²) in [6.45, 7) is 0. The molecule has 130 valence electrons. The standard InChI is InChI=1S/C21H19N3O2/c1-26-17-6-2-14(3-7-17)18(13-20-22-10-11-23-20)15-4-8-19-16(12-15)5-9-21(25)24-19/h2-12,18H,13H2,1H3,(H,22,23)(H,24,25). The summed E-state index contributed by atoms with van der Waals surface area (Å²) in [4.78, 5) is 22.0. The maximum atomic E-state index is 11.5. The Balaban J connectivity index is 1.78. The molecule has 2 aromatic heterocycles. The number of methoxy groups -OCH3 is 1. The molecule has 2 aromatic carbocycles. The number of aromatic amines is 2. The maximum absolute atomic E-state index is 11.5. The number of rotatable bonds is 5. The van der Waals surface area contributed by atoms with Gasteiger partial charge in [-0.25, -0.2) is 4.98 Å². The van der Waals surface area contributed by atoms with Crippen LogP contribution in [0.5, 0.6) is 5.75 Å². The first-order chi connectivity index (χ1) is 12.7. The van der Waals surface area contributed by atoms with Crippen molar-refractivity contribution in [2.24, 2.45) is 0 Å². The van der Waals surface area contributed by atoms with E-state index in [1.807, 2.05) is 30.5 Å². The predicted octanol–water partition coefficient (Wildman–Crippen LogP) is 3.63. The summed E-state index contributed by atoms with van der Waals surface area (Å²) in [6, 6.07) is 17.7. The number of benzene rings is 2. The fraction of sp³-hybridized carbons (Fsp3) is 0.143. The zero-order valence-corrected chi connectivity index (χ0v) is 14.4. The third kappa shape index (κ3) is 3.24. The smallest absolute Gasteiger partial charge is 0.248 e. The number of hydrogen-bond donors (Lipinski definition) is 2. The summed E-state index contributed by atoms with van der Waals surface area (Å²) in [5.41, 5.74) is 3.11. The molecule has 2 N–H and O–H groups in total. The lowest BCUT2D eigenvalue weighted by Crippen LogP contribution is -2.07. The number of hydrogen-bond acceptors (Lipinski definition) is 3. The van der Waals surface area contributed by atoms with Gasteiger partial charge in [0.25, 0.3) is 0 Å². The molecule has 4 rings (SSSR count). The van der Waals surface area contributed by atoms with Gasteiger partial charge in [0.15, 0.2) is 0 Å². The third-order valence-corrected chi connectivity index (χ3v) is 4.62. The van der Waals surface area contributed by atoms with Crippen LogP contribution >= 0.6 is 0 Å². The molecule has 0 radical (unpaired) electrons. The summed E-state index contributed by atoms with van der Waals surface area (Å²) >= 11 is 0. The number of ether oxygens (including phenoxy) is 1. The Morgan fingerprint density at radius 3 is 2.58 bits per heavy atom. The van der Waals surface area contributed by atoms with Crippen molar-refractivity contribution in [3.05, 3.63) is 94.3 Å². The van der Waals surface area contributed by atoms with Gasteiger partial charge >= 0.3 is 0 Å². The Hall–Kier alpha value is -3.34. The van der Waals surface area contributed by atoms with Gasteiger partial charge < -0.3 is 14.7 Å². The molecule has 0 aliphatic rings. The molecule has 0 spiro atoms. The van der Waals surface area contributed by atoms with Crippen molar-refractivity contribution in [3.63, 3.8) is 0 Å². The van der Waals surface area contributed by atoms with Crippen molar-refractivity contribution in [2.45, 2.75) is 12.3 Å². The monoisotopic (exact) mass is 345 g/mol. The predicted molar refractivity (Wildman–Crippen MR) is 102 cm³/mol. The topological polar surface area (TPSA) is 70.8 Å². The molecule has 2 heterocycles. The van der Waals surface area contributed by atoms with E-state index in [0.717, 1.165) is 28.9 Å². The van der Waals surface area contributed by atoms with E-state index in [0.29, 0.717) is 0 Å². The Kier molecular flexibility index (Phi) is 4.27. The van der Waals surface area contributed by atoms with Crippen LogP contribution in [0.4, 0.5) is 0 Å². The summed E-state index contributed by atoms with van der Waals surface area (Å²) in [7, 11) is 1.67. The van der Waals surface area contributed by atoms with Crippen LogP contribution in [0, 0.1) is 0 Å². The van der Waals surface area contributed by atoms with E-state index in [1.165, 1.54) is 11.1 Å². The van der Waals surface area contributed by atoms with Crippen LogP contribution in [-0.2, 0) is 6.42 Å². The van der Waals surface area contributed by atoms with Crippen LogP contribution in [-0.4, -0.2) is 22.1 Å². The van der Waals surface area contributed by atoms with Crippen molar-refractivity contribution in [2.75, 3.05) is 7.11 Å². The quantitative estimate of drug-likeness (QED) is 0.580. The highest BCUT2D eigenvalue weighted by Crippen LogP contribution is 2.30. The molecule has 4 aromatic rings. The van der Waals surface area contributed by atoms with E-state index in [9.17, 15) is 4.79 Å². The molecule has 5 nitrogen and oxygen atoms in total. The Bertz CT molecular complexity index is 1070. The molecule has 0 saturated heterocycles. The van der Waals surface area contributed by atoms with Gasteiger partial charge in [0.1, 0.15) is 11.6 Å². The van der Waals surface area contributed by atoms with Crippen molar-refractivity contribution in [1.82, 2.24) is 15.0 Å². The van der Waals surface area contributed by atoms with E-state index in [1.54, 1.807) is 19.4 Å². The normalized spacial score (nSPS) is 12.2. The minimum Gasteiger partial charge on any atom is -0.497 e. The van der Waals surface area contributed by atoms with Gasteiger partial charge in [-0.15, -0.1) is 0 Å². The fourth-order valence-corrected chi connectivity index (χ4v) is 3.26. The molecule has 0 fully saturated rings. The first-order valence-electron chi connectivity index (χ1n) is 8.48. The summed E-state index contributed by atoms with van der Waals surface area (Å²) in [5, 5.41) is 1.01.